The predicted octanol–water partition coefficient (Wildman–Crippen LogP) is 4.38. The second-order valence-corrected chi connectivity index (χ2v) is 2.78. The monoisotopic (exact) mass is 266 g/mol. The van der Waals surface area contributed by atoms with E-state index in [9.17, 15) is 4.79 Å². The van der Waals surface area contributed by atoms with Gasteiger partial charge in [0, 0.05) is 6.42 Å². The summed E-state index contributed by atoms with van der Waals surface area (Å²) in [4.78, 5) is 11.0. The molecular formula is C16H26OS. The summed E-state index contributed by atoms with van der Waals surface area (Å²) in [5.74, 6) is 5.15. The van der Waals surface area contributed by atoms with E-state index in [-0.39, 0.29) is 19.3 Å². The molecule has 0 heterocycles. The van der Waals surface area contributed by atoms with E-state index in [2.05, 4.69) is 11.8 Å². The van der Waals surface area contributed by atoms with Crippen molar-refractivity contribution in [1.82, 2.24) is 0 Å². The lowest BCUT2D eigenvalue weighted by Crippen LogP contribution is -1.95. The number of hydrogen-bond acceptors (Lipinski definition) is 1. The highest BCUT2D eigenvalue weighted by Crippen LogP contribution is 2.02. The maximum absolute atomic E-state index is 11.0. The third-order valence-electron chi connectivity index (χ3n) is 1.75. The van der Waals surface area contributed by atoms with Crippen LogP contribution in [0.1, 0.15) is 46.6 Å². The Kier molecular flexibility index (Phi) is 22.2. The first-order valence-corrected chi connectivity index (χ1v) is 6.32. The zero-order valence-corrected chi connectivity index (χ0v) is 13.2. The van der Waals surface area contributed by atoms with E-state index in [4.69, 9.17) is 0 Å². The van der Waals surface area contributed by atoms with Gasteiger partial charge in [0.2, 0.25) is 5.78 Å². The highest BCUT2D eigenvalue weighted by atomic mass is 32.1. The van der Waals surface area contributed by atoms with Crippen molar-refractivity contribution in [3.05, 3.63) is 35.9 Å². The summed E-state index contributed by atoms with van der Waals surface area (Å²) in [5.41, 5.74) is 1.19. The Hall–Kier alpha value is -1.20. The summed E-state index contributed by atoms with van der Waals surface area (Å²) in [6.07, 6.45) is 1.30. The molecule has 0 unspecified atom stereocenters. The molecule has 0 spiro atoms. The zero-order valence-electron chi connectivity index (χ0n) is 12.2. The lowest BCUT2D eigenvalue weighted by Gasteiger charge is -1.96. The second-order valence-electron chi connectivity index (χ2n) is 2.78. The molecule has 0 radical (unpaired) electrons. The van der Waals surface area contributed by atoms with E-state index in [0.29, 0.717) is 6.42 Å². The molecular weight excluding hydrogens is 240 g/mol. The van der Waals surface area contributed by atoms with Gasteiger partial charge in [0.1, 0.15) is 0 Å². The van der Waals surface area contributed by atoms with Crippen LogP contribution in [0.15, 0.2) is 30.3 Å². The minimum absolute atomic E-state index is 0. The molecule has 1 aromatic rings. The molecule has 1 nitrogen and oxygen atoms in total. The summed E-state index contributed by atoms with van der Waals surface area (Å²) in [6, 6.07) is 9.97. The largest absolute Gasteiger partial charge is 0.285 e. The fourth-order valence-corrected chi connectivity index (χ4v) is 1.10. The molecule has 0 aromatic heterocycles. The Balaban J connectivity index is -0.000000409. The summed E-state index contributed by atoms with van der Waals surface area (Å²) >= 11 is 0. The molecule has 0 aliphatic carbocycles. The number of Topliss-reactive ketones (excluding diaryl/α,β-unsaturated/α-hetero) is 1. The number of aryl methyl sites for hydroxylation is 1. The van der Waals surface area contributed by atoms with E-state index in [1.807, 2.05) is 58.0 Å². The van der Waals surface area contributed by atoms with Crippen molar-refractivity contribution in [2.24, 2.45) is 0 Å². The van der Waals surface area contributed by atoms with Crippen molar-refractivity contribution in [3.63, 3.8) is 0 Å². The molecule has 0 fully saturated rings. The van der Waals surface area contributed by atoms with Gasteiger partial charge >= 0.3 is 0 Å². The Morgan fingerprint density at radius 2 is 1.56 bits per heavy atom. The highest BCUT2D eigenvalue weighted by Gasteiger charge is 1.97. The van der Waals surface area contributed by atoms with Gasteiger partial charge in [0.05, 0.1) is 0 Å². The van der Waals surface area contributed by atoms with Crippen LogP contribution in [0.5, 0.6) is 0 Å². The van der Waals surface area contributed by atoms with Crippen LogP contribution in [0.2, 0.25) is 0 Å². The number of benzene rings is 1. The lowest BCUT2D eigenvalue weighted by atomic mass is 10.1. The van der Waals surface area contributed by atoms with Crippen LogP contribution in [0.25, 0.3) is 0 Å². The van der Waals surface area contributed by atoms with Gasteiger partial charge in [-0.25, -0.2) is 0 Å². The van der Waals surface area contributed by atoms with Gasteiger partial charge in [-0.15, -0.1) is 0 Å². The average Bonchev–Trinajstić information content (AvgIpc) is 2.43. The van der Waals surface area contributed by atoms with Gasteiger partial charge in [0.15, 0.2) is 0 Å². The van der Waals surface area contributed by atoms with E-state index in [1.165, 1.54) is 5.56 Å². The van der Waals surface area contributed by atoms with E-state index < -0.39 is 0 Å². The average molecular weight is 266 g/mol. The first kappa shape index (κ1) is 22.0. The maximum atomic E-state index is 11.0. The predicted molar refractivity (Wildman–Crippen MR) is 86.3 cm³/mol. The Morgan fingerprint density at radius 1 is 1.06 bits per heavy atom. The number of carbonyl (C=O) groups is 1. The van der Waals surface area contributed by atoms with Gasteiger partial charge in [-0.2, -0.15) is 13.5 Å². The van der Waals surface area contributed by atoms with Crippen LogP contribution in [-0.4, -0.2) is 5.78 Å². The fourth-order valence-electron chi connectivity index (χ4n) is 1.10. The molecule has 18 heavy (non-hydrogen) atoms. The number of rotatable bonds is 3. The topological polar surface area (TPSA) is 17.1 Å². The van der Waals surface area contributed by atoms with Crippen molar-refractivity contribution in [1.29, 1.82) is 0 Å². The van der Waals surface area contributed by atoms with Crippen molar-refractivity contribution in [2.75, 3.05) is 0 Å². The van der Waals surface area contributed by atoms with Crippen LogP contribution in [0.3, 0.4) is 0 Å². The SMILES string of the molecule is CC.CC.CC#CC(=O)CCc1ccccc1.S. The summed E-state index contributed by atoms with van der Waals surface area (Å²) in [6.45, 7) is 9.68. The molecule has 0 amide bonds. The molecule has 0 aliphatic heterocycles. The van der Waals surface area contributed by atoms with Gasteiger partial charge in [-0.05, 0) is 24.8 Å². The summed E-state index contributed by atoms with van der Waals surface area (Å²) < 4.78 is 0. The van der Waals surface area contributed by atoms with E-state index in [0.717, 1.165) is 6.42 Å². The molecule has 0 N–H and O–H groups in total. The molecule has 2 heteroatoms. The van der Waals surface area contributed by atoms with Crippen LogP contribution in [0, 0.1) is 11.8 Å². The summed E-state index contributed by atoms with van der Waals surface area (Å²) in [5, 5.41) is 0. The molecule has 0 aliphatic rings. The van der Waals surface area contributed by atoms with E-state index >= 15 is 0 Å². The maximum Gasteiger partial charge on any atom is 0.205 e. The first-order chi connectivity index (χ1) is 8.33. The molecule has 1 rings (SSSR count). The molecule has 0 bridgehead atoms. The van der Waals surface area contributed by atoms with Crippen molar-refractivity contribution >= 4 is 19.3 Å². The minimum Gasteiger partial charge on any atom is -0.285 e. The number of ketones is 1. The highest BCUT2D eigenvalue weighted by molar-refractivity contribution is 7.59. The van der Waals surface area contributed by atoms with Crippen molar-refractivity contribution < 1.29 is 4.79 Å². The number of carbonyl (C=O) groups excluding carboxylic acids is 1. The Bertz CT molecular complexity index is 333. The molecule has 102 valence electrons. The zero-order chi connectivity index (χ0) is 13.5. The van der Waals surface area contributed by atoms with Gasteiger partial charge in [-0.3, -0.25) is 4.79 Å². The molecule has 1 aromatic carbocycles. The van der Waals surface area contributed by atoms with Crippen LogP contribution >= 0.6 is 13.5 Å². The standard InChI is InChI=1S/C12H12O.2C2H6.H2S/c1-2-6-12(13)10-9-11-7-4-3-5-8-11;2*1-2;/h3-5,7-8H,9-10H2,1H3;2*1-2H3;1H2. The smallest absolute Gasteiger partial charge is 0.205 e. The van der Waals surface area contributed by atoms with Gasteiger partial charge < -0.3 is 0 Å². The first-order valence-electron chi connectivity index (χ1n) is 6.32. The lowest BCUT2D eigenvalue weighted by molar-refractivity contribution is -0.113. The van der Waals surface area contributed by atoms with Crippen molar-refractivity contribution in [3.8, 4) is 11.8 Å². The van der Waals surface area contributed by atoms with Crippen molar-refractivity contribution in [2.45, 2.75) is 47.5 Å². The molecule has 0 saturated heterocycles. The van der Waals surface area contributed by atoms with Gasteiger partial charge in [-0.1, -0.05) is 63.9 Å². The van der Waals surface area contributed by atoms with Crippen LogP contribution < -0.4 is 0 Å². The molecule has 0 atom stereocenters. The number of hydrogen-bond donors (Lipinski definition) is 0. The summed E-state index contributed by atoms with van der Waals surface area (Å²) in [7, 11) is 0. The Morgan fingerprint density at radius 3 is 2.00 bits per heavy atom. The second kappa shape index (κ2) is 18.2. The Labute approximate surface area is 119 Å². The minimum atomic E-state index is 0. The van der Waals surface area contributed by atoms with E-state index in [1.54, 1.807) is 6.92 Å². The third-order valence-corrected chi connectivity index (χ3v) is 1.75. The van der Waals surface area contributed by atoms with Crippen LogP contribution in [0.4, 0.5) is 0 Å². The normalized spacial score (nSPS) is 6.94. The van der Waals surface area contributed by atoms with Crippen LogP contribution in [-0.2, 0) is 11.2 Å². The molecule has 0 saturated carbocycles. The third kappa shape index (κ3) is 12.9. The fraction of sp³-hybridized carbons (Fsp3) is 0.438. The van der Waals surface area contributed by atoms with Gasteiger partial charge in [0.25, 0.3) is 0 Å². The quantitative estimate of drug-likeness (QED) is 0.586.